The van der Waals surface area contributed by atoms with Crippen LogP contribution in [0, 0.1) is 10.1 Å². The number of hydrogen-bond donors (Lipinski definition) is 2. The predicted octanol–water partition coefficient (Wildman–Crippen LogP) is 1.94. The van der Waals surface area contributed by atoms with E-state index in [4.69, 9.17) is 4.74 Å². The molecule has 1 aromatic rings. The minimum atomic E-state index is -0.933. The van der Waals surface area contributed by atoms with E-state index in [1.807, 2.05) is 13.8 Å². The third kappa shape index (κ3) is 5.03. The van der Waals surface area contributed by atoms with Gasteiger partial charge in [-0.2, -0.15) is 0 Å². The highest BCUT2D eigenvalue weighted by Crippen LogP contribution is 2.29. The van der Waals surface area contributed by atoms with Crippen molar-refractivity contribution in [3.63, 3.8) is 0 Å². The van der Waals surface area contributed by atoms with E-state index in [1.165, 1.54) is 25.1 Å². The molecular formula is C14H20N2O5. The van der Waals surface area contributed by atoms with E-state index in [-0.39, 0.29) is 35.6 Å². The Morgan fingerprint density at radius 2 is 2.14 bits per heavy atom. The molecule has 0 radical (unpaired) electrons. The summed E-state index contributed by atoms with van der Waals surface area (Å²) in [6.07, 6.45) is -0.125. The summed E-state index contributed by atoms with van der Waals surface area (Å²) in [6, 6.07) is 3.95. The molecule has 7 nitrogen and oxygen atoms in total. The molecule has 0 aliphatic rings. The monoisotopic (exact) mass is 296 g/mol. The molecule has 0 spiro atoms. The van der Waals surface area contributed by atoms with Gasteiger partial charge in [-0.1, -0.05) is 6.92 Å². The number of amides is 1. The van der Waals surface area contributed by atoms with Crippen LogP contribution in [-0.2, 0) is 4.79 Å². The van der Waals surface area contributed by atoms with E-state index < -0.39 is 11.0 Å². The molecule has 2 N–H and O–H groups in total. The summed E-state index contributed by atoms with van der Waals surface area (Å²) in [6.45, 7) is 5.10. The lowest BCUT2D eigenvalue weighted by atomic mass is 10.1. The number of aliphatic hydroxyl groups excluding tert-OH is 1. The molecule has 1 unspecified atom stereocenters. The Labute approximate surface area is 123 Å². The standard InChI is InChI=1S/C14H20N2O5/c1-4-9(2)15-14(18)8-21-13-6-5-11(16(19)20)7-12(13)10(3)17/h5-7,9-10,17H,4,8H2,1-3H3,(H,15,18)/t9?,10-/m1/s1. The molecule has 1 amide bonds. The first-order valence-corrected chi connectivity index (χ1v) is 6.73. The Morgan fingerprint density at radius 3 is 2.67 bits per heavy atom. The number of nitro benzene ring substituents is 1. The molecule has 7 heteroatoms. The predicted molar refractivity (Wildman–Crippen MR) is 77.1 cm³/mol. The molecule has 0 fully saturated rings. The van der Waals surface area contributed by atoms with Gasteiger partial charge < -0.3 is 15.2 Å². The van der Waals surface area contributed by atoms with Crippen molar-refractivity contribution in [2.75, 3.05) is 6.61 Å². The Bertz CT molecular complexity index is 516. The maximum atomic E-state index is 11.6. The van der Waals surface area contributed by atoms with Crippen LogP contribution in [0.1, 0.15) is 38.9 Å². The van der Waals surface area contributed by atoms with Crippen LogP contribution in [0.2, 0.25) is 0 Å². The van der Waals surface area contributed by atoms with Gasteiger partial charge in [0, 0.05) is 23.7 Å². The number of carbonyl (C=O) groups is 1. The maximum Gasteiger partial charge on any atom is 0.270 e. The topological polar surface area (TPSA) is 102 Å². The van der Waals surface area contributed by atoms with Gasteiger partial charge in [0.1, 0.15) is 5.75 Å². The highest BCUT2D eigenvalue weighted by atomic mass is 16.6. The maximum absolute atomic E-state index is 11.6. The van der Waals surface area contributed by atoms with E-state index in [9.17, 15) is 20.0 Å². The molecule has 0 aliphatic heterocycles. The normalized spacial score (nSPS) is 13.3. The fraction of sp³-hybridized carbons (Fsp3) is 0.500. The van der Waals surface area contributed by atoms with Crippen LogP contribution < -0.4 is 10.1 Å². The second-order valence-corrected chi connectivity index (χ2v) is 4.82. The van der Waals surface area contributed by atoms with Crippen molar-refractivity contribution < 1.29 is 19.6 Å². The van der Waals surface area contributed by atoms with Gasteiger partial charge in [0.05, 0.1) is 11.0 Å². The van der Waals surface area contributed by atoms with Crippen molar-refractivity contribution in [3.05, 3.63) is 33.9 Å². The molecule has 0 saturated heterocycles. The Kier molecular flexibility index (Phi) is 6.10. The van der Waals surface area contributed by atoms with Crippen molar-refractivity contribution in [1.82, 2.24) is 5.32 Å². The number of hydrogen-bond acceptors (Lipinski definition) is 5. The van der Waals surface area contributed by atoms with Gasteiger partial charge in [-0.05, 0) is 26.3 Å². The van der Waals surface area contributed by atoms with Crippen LogP contribution >= 0.6 is 0 Å². The van der Waals surface area contributed by atoms with E-state index >= 15 is 0 Å². The van der Waals surface area contributed by atoms with Gasteiger partial charge in [-0.25, -0.2) is 0 Å². The van der Waals surface area contributed by atoms with Gasteiger partial charge in [-0.3, -0.25) is 14.9 Å². The Balaban J connectivity index is 2.79. The SMILES string of the molecule is CCC(C)NC(=O)COc1ccc([N+](=O)[O-])cc1[C@@H](C)O. The number of aliphatic hydroxyl groups is 1. The summed E-state index contributed by atoms with van der Waals surface area (Å²) in [7, 11) is 0. The van der Waals surface area contributed by atoms with Crippen LogP contribution in [0.3, 0.4) is 0 Å². The minimum absolute atomic E-state index is 0.0502. The first-order chi connectivity index (χ1) is 9.85. The van der Waals surface area contributed by atoms with E-state index in [2.05, 4.69) is 5.32 Å². The van der Waals surface area contributed by atoms with Crippen molar-refractivity contribution in [2.24, 2.45) is 0 Å². The van der Waals surface area contributed by atoms with Gasteiger partial charge in [0.2, 0.25) is 0 Å². The molecule has 0 aliphatic carbocycles. The molecule has 0 aromatic heterocycles. The zero-order valence-corrected chi connectivity index (χ0v) is 12.3. The van der Waals surface area contributed by atoms with Crippen molar-refractivity contribution in [1.29, 1.82) is 0 Å². The molecular weight excluding hydrogens is 276 g/mol. The zero-order valence-electron chi connectivity index (χ0n) is 12.3. The average molecular weight is 296 g/mol. The van der Waals surface area contributed by atoms with E-state index in [0.717, 1.165) is 6.42 Å². The van der Waals surface area contributed by atoms with Crippen molar-refractivity contribution in [3.8, 4) is 5.75 Å². The summed E-state index contributed by atoms with van der Waals surface area (Å²) in [5, 5.41) is 23.1. The number of non-ortho nitro benzene ring substituents is 1. The van der Waals surface area contributed by atoms with Crippen molar-refractivity contribution in [2.45, 2.75) is 39.3 Å². The summed E-state index contributed by atoms with van der Waals surface area (Å²) in [4.78, 5) is 21.8. The quantitative estimate of drug-likeness (QED) is 0.591. The van der Waals surface area contributed by atoms with E-state index in [1.54, 1.807) is 0 Å². The smallest absolute Gasteiger partial charge is 0.270 e. The highest BCUT2D eigenvalue weighted by molar-refractivity contribution is 5.77. The number of nitro groups is 1. The summed E-state index contributed by atoms with van der Waals surface area (Å²) in [5.74, 6) is -0.0193. The number of nitrogens with one attached hydrogen (secondary N) is 1. The first-order valence-electron chi connectivity index (χ1n) is 6.73. The lowest BCUT2D eigenvalue weighted by molar-refractivity contribution is -0.385. The minimum Gasteiger partial charge on any atom is -0.483 e. The van der Waals surface area contributed by atoms with E-state index in [0.29, 0.717) is 0 Å². The third-order valence-corrected chi connectivity index (χ3v) is 3.03. The Morgan fingerprint density at radius 1 is 1.48 bits per heavy atom. The molecule has 116 valence electrons. The number of carbonyl (C=O) groups excluding carboxylic acids is 1. The zero-order chi connectivity index (χ0) is 16.0. The second-order valence-electron chi connectivity index (χ2n) is 4.82. The number of rotatable bonds is 7. The summed E-state index contributed by atoms with van der Waals surface area (Å²) < 4.78 is 5.35. The average Bonchev–Trinajstić information content (AvgIpc) is 2.44. The molecule has 21 heavy (non-hydrogen) atoms. The van der Waals surface area contributed by atoms with Gasteiger partial charge in [0.15, 0.2) is 6.61 Å². The summed E-state index contributed by atoms with van der Waals surface area (Å²) in [5.41, 5.74) is 0.142. The second kappa shape index (κ2) is 7.58. The number of ether oxygens (including phenoxy) is 1. The lowest BCUT2D eigenvalue weighted by Gasteiger charge is -2.15. The lowest BCUT2D eigenvalue weighted by Crippen LogP contribution is -2.35. The molecule has 1 rings (SSSR count). The fourth-order valence-corrected chi connectivity index (χ4v) is 1.67. The highest BCUT2D eigenvalue weighted by Gasteiger charge is 2.16. The molecule has 0 heterocycles. The third-order valence-electron chi connectivity index (χ3n) is 3.03. The van der Waals surface area contributed by atoms with Crippen LogP contribution in [0.5, 0.6) is 5.75 Å². The van der Waals surface area contributed by atoms with Crippen LogP contribution in [0.4, 0.5) is 5.69 Å². The summed E-state index contributed by atoms with van der Waals surface area (Å²) >= 11 is 0. The van der Waals surface area contributed by atoms with Crippen LogP contribution in [0.15, 0.2) is 18.2 Å². The number of nitrogens with zero attached hydrogens (tertiary/aromatic N) is 1. The van der Waals surface area contributed by atoms with Crippen molar-refractivity contribution >= 4 is 11.6 Å². The first kappa shape index (κ1) is 16.9. The molecule has 1 aromatic carbocycles. The van der Waals surface area contributed by atoms with Crippen LogP contribution in [-0.4, -0.2) is 28.6 Å². The fourth-order valence-electron chi connectivity index (χ4n) is 1.67. The largest absolute Gasteiger partial charge is 0.483 e. The van der Waals surface area contributed by atoms with Gasteiger partial charge in [0.25, 0.3) is 11.6 Å². The van der Waals surface area contributed by atoms with Gasteiger partial charge >= 0.3 is 0 Å². The van der Waals surface area contributed by atoms with Gasteiger partial charge in [-0.15, -0.1) is 0 Å². The Hall–Kier alpha value is -2.15. The molecule has 2 atom stereocenters. The number of benzene rings is 1. The molecule has 0 saturated carbocycles. The molecule has 0 bridgehead atoms. The van der Waals surface area contributed by atoms with Crippen LogP contribution in [0.25, 0.3) is 0 Å².